The molecule has 1 aliphatic heterocycles. The second kappa shape index (κ2) is 6.30. The highest BCUT2D eigenvalue weighted by molar-refractivity contribution is 6.00. The minimum absolute atomic E-state index is 0.0387. The maximum Gasteiger partial charge on any atom is 0.275 e. The van der Waals surface area contributed by atoms with Gasteiger partial charge in [0.25, 0.3) is 5.91 Å². The molecule has 1 atom stereocenters. The summed E-state index contributed by atoms with van der Waals surface area (Å²) in [7, 11) is 1.90. The Bertz CT molecular complexity index is 971. The van der Waals surface area contributed by atoms with Crippen LogP contribution in [0.2, 0.25) is 0 Å². The standard InChI is InChI=1S/C22H21N3O/c1-4-14-25-21(17-12-10-15(2)11-13-17)18-19(22(25)26)23-24(3)20(18)16-8-6-5-7-9-16/h4-13,21H,1,14H2,2-3H3. The van der Waals surface area contributed by atoms with Crippen molar-refractivity contribution < 1.29 is 4.79 Å². The molecular weight excluding hydrogens is 322 g/mol. The SMILES string of the molecule is C=CCN1C(=O)c2nn(C)c(-c3ccccc3)c2C1c1ccc(C)cc1. The lowest BCUT2D eigenvalue weighted by Gasteiger charge is -2.26. The number of benzene rings is 2. The Labute approximate surface area is 153 Å². The number of carbonyl (C=O) groups excluding carboxylic acids is 1. The van der Waals surface area contributed by atoms with Gasteiger partial charge in [-0.05, 0) is 12.5 Å². The highest BCUT2D eigenvalue weighted by Gasteiger charge is 2.42. The Morgan fingerprint density at radius 1 is 1.12 bits per heavy atom. The molecule has 1 unspecified atom stereocenters. The van der Waals surface area contributed by atoms with Crippen LogP contribution >= 0.6 is 0 Å². The summed E-state index contributed by atoms with van der Waals surface area (Å²) >= 11 is 0. The predicted molar refractivity (Wildman–Crippen MR) is 103 cm³/mol. The minimum atomic E-state index is -0.153. The molecule has 4 rings (SSSR count). The van der Waals surface area contributed by atoms with Gasteiger partial charge in [0, 0.05) is 24.7 Å². The molecule has 0 N–H and O–H groups in total. The quantitative estimate of drug-likeness (QED) is 0.668. The van der Waals surface area contributed by atoms with Gasteiger partial charge in [-0.25, -0.2) is 0 Å². The van der Waals surface area contributed by atoms with Gasteiger partial charge in [0.05, 0.1) is 11.7 Å². The average molecular weight is 343 g/mol. The fourth-order valence-corrected chi connectivity index (χ4v) is 3.73. The van der Waals surface area contributed by atoms with E-state index in [0.29, 0.717) is 12.2 Å². The van der Waals surface area contributed by atoms with Crippen molar-refractivity contribution in [3.05, 3.63) is 89.6 Å². The number of amides is 1. The third-order valence-electron chi connectivity index (χ3n) is 4.90. The van der Waals surface area contributed by atoms with E-state index in [9.17, 15) is 4.79 Å². The molecular formula is C22H21N3O. The zero-order valence-electron chi connectivity index (χ0n) is 15.0. The van der Waals surface area contributed by atoms with Crippen LogP contribution in [-0.4, -0.2) is 27.1 Å². The van der Waals surface area contributed by atoms with Crippen molar-refractivity contribution in [2.45, 2.75) is 13.0 Å². The Morgan fingerprint density at radius 3 is 2.46 bits per heavy atom. The lowest BCUT2D eigenvalue weighted by molar-refractivity contribution is 0.0763. The molecule has 2 heterocycles. The summed E-state index contributed by atoms with van der Waals surface area (Å²) in [6.07, 6.45) is 1.77. The fourth-order valence-electron chi connectivity index (χ4n) is 3.73. The Balaban J connectivity index is 1.95. The molecule has 0 bridgehead atoms. The van der Waals surface area contributed by atoms with Crippen LogP contribution in [0.3, 0.4) is 0 Å². The molecule has 0 saturated heterocycles. The number of hydrogen-bond acceptors (Lipinski definition) is 2. The third kappa shape index (κ3) is 2.46. The molecule has 3 aromatic rings. The molecule has 4 nitrogen and oxygen atoms in total. The number of carbonyl (C=O) groups is 1. The molecule has 0 spiro atoms. The smallest absolute Gasteiger partial charge is 0.275 e. The second-order valence-corrected chi connectivity index (χ2v) is 6.66. The molecule has 0 radical (unpaired) electrons. The van der Waals surface area contributed by atoms with Gasteiger partial charge in [-0.15, -0.1) is 6.58 Å². The highest BCUT2D eigenvalue weighted by Crippen LogP contribution is 2.43. The Hall–Kier alpha value is -3.14. The summed E-state index contributed by atoms with van der Waals surface area (Å²) in [5.41, 5.74) is 5.87. The number of aromatic nitrogens is 2. The van der Waals surface area contributed by atoms with E-state index in [-0.39, 0.29) is 11.9 Å². The van der Waals surface area contributed by atoms with Gasteiger partial charge in [0.15, 0.2) is 5.69 Å². The summed E-state index contributed by atoms with van der Waals surface area (Å²) in [4.78, 5) is 14.9. The zero-order valence-corrected chi connectivity index (χ0v) is 15.0. The van der Waals surface area contributed by atoms with Crippen LogP contribution in [0, 0.1) is 6.92 Å². The molecule has 26 heavy (non-hydrogen) atoms. The van der Waals surface area contributed by atoms with E-state index in [1.54, 1.807) is 6.08 Å². The summed E-state index contributed by atoms with van der Waals surface area (Å²) in [6.45, 7) is 6.38. The van der Waals surface area contributed by atoms with E-state index >= 15 is 0 Å². The first-order valence-electron chi connectivity index (χ1n) is 8.72. The highest BCUT2D eigenvalue weighted by atomic mass is 16.2. The van der Waals surface area contributed by atoms with E-state index < -0.39 is 0 Å². The van der Waals surface area contributed by atoms with Crippen LogP contribution in [0.15, 0.2) is 67.3 Å². The molecule has 0 fully saturated rings. The van der Waals surface area contributed by atoms with Gasteiger partial charge >= 0.3 is 0 Å². The molecule has 4 heteroatoms. The summed E-state index contributed by atoms with van der Waals surface area (Å²) in [5, 5.41) is 4.57. The van der Waals surface area contributed by atoms with E-state index in [1.807, 2.05) is 34.8 Å². The first kappa shape index (κ1) is 16.3. The first-order valence-corrected chi connectivity index (χ1v) is 8.72. The number of hydrogen-bond donors (Lipinski definition) is 0. The Morgan fingerprint density at radius 2 is 1.81 bits per heavy atom. The van der Waals surface area contributed by atoms with Crippen LogP contribution in [-0.2, 0) is 7.05 Å². The maximum absolute atomic E-state index is 13.0. The van der Waals surface area contributed by atoms with E-state index in [0.717, 1.165) is 22.4 Å². The van der Waals surface area contributed by atoms with Gasteiger partial charge < -0.3 is 4.90 Å². The predicted octanol–water partition coefficient (Wildman–Crippen LogP) is 4.13. The van der Waals surface area contributed by atoms with Crippen LogP contribution in [0.5, 0.6) is 0 Å². The maximum atomic E-state index is 13.0. The van der Waals surface area contributed by atoms with Crippen molar-refractivity contribution in [3.63, 3.8) is 0 Å². The summed E-state index contributed by atoms with van der Waals surface area (Å²) in [5.74, 6) is -0.0387. The van der Waals surface area contributed by atoms with Crippen molar-refractivity contribution in [2.24, 2.45) is 7.05 Å². The number of nitrogens with zero attached hydrogens (tertiary/aromatic N) is 3. The van der Waals surface area contributed by atoms with E-state index in [1.165, 1.54) is 5.56 Å². The number of rotatable bonds is 4. The van der Waals surface area contributed by atoms with Crippen molar-refractivity contribution in [2.75, 3.05) is 6.54 Å². The van der Waals surface area contributed by atoms with Gasteiger partial charge in [-0.3, -0.25) is 9.48 Å². The zero-order chi connectivity index (χ0) is 18.3. The molecule has 0 aliphatic carbocycles. The molecule has 1 amide bonds. The van der Waals surface area contributed by atoms with Crippen molar-refractivity contribution >= 4 is 5.91 Å². The van der Waals surface area contributed by atoms with Crippen molar-refractivity contribution in [1.29, 1.82) is 0 Å². The molecule has 0 saturated carbocycles. The largest absolute Gasteiger partial charge is 0.322 e. The van der Waals surface area contributed by atoms with E-state index in [2.05, 4.69) is 55.0 Å². The number of fused-ring (bicyclic) bond motifs is 1. The van der Waals surface area contributed by atoms with Crippen LogP contribution < -0.4 is 0 Å². The van der Waals surface area contributed by atoms with Crippen LogP contribution in [0.1, 0.15) is 33.2 Å². The fraction of sp³-hybridized carbons (Fsp3) is 0.182. The van der Waals surface area contributed by atoms with Gasteiger partial charge in [-0.2, -0.15) is 5.10 Å². The van der Waals surface area contributed by atoms with Gasteiger partial charge in [-0.1, -0.05) is 66.2 Å². The van der Waals surface area contributed by atoms with Gasteiger partial charge in [0.2, 0.25) is 0 Å². The van der Waals surface area contributed by atoms with Crippen molar-refractivity contribution in [1.82, 2.24) is 14.7 Å². The average Bonchev–Trinajstić information content (AvgIpc) is 3.11. The third-order valence-corrected chi connectivity index (χ3v) is 4.90. The normalized spacial score (nSPS) is 16.0. The van der Waals surface area contributed by atoms with Gasteiger partial charge in [0.1, 0.15) is 0 Å². The molecule has 1 aromatic heterocycles. The molecule has 2 aromatic carbocycles. The molecule has 1 aliphatic rings. The topological polar surface area (TPSA) is 38.1 Å². The monoisotopic (exact) mass is 343 g/mol. The number of aryl methyl sites for hydroxylation is 2. The molecule has 130 valence electrons. The first-order chi connectivity index (χ1) is 12.6. The summed E-state index contributed by atoms with van der Waals surface area (Å²) < 4.78 is 1.82. The Kier molecular flexibility index (Phi) is 3.96. The van der Waals surface area contributed by atoms with E-state index in [4.69, 9.17) is 0 Å². The lowest BCUT2D eigenvalue weighted by atomic mass is 9.95. The van der Waals surface area contributed by atoms with Crippen LogP contribution in [0.25, 0.3) is 11.3 Å². The summed E-state index contributed by atoms with van der Waals surface area (Å²) in [6, 6.07) is 18.3. The van der Waals surface area contributed by atoms with Crippen molar-refractivity contribution in [3.8, 4) is 11.3 Å². The van der Waals surface area contributed by atoms with Crippen LogP contribution in [0.4, 0.5) is 0 Å². The lowest BCUT2D eigenvalue weighted by Crippen LogP contribution is -2.30. The second-order valence-electron chi connectivity index (χ2n) is 6.66. The minimum Gasteiger partial charge on any atom is -0.322 e.